The molecule has 3 N–H and O–H groups in total. The fourth-order valence-electron chi connectivity index (χ4n) is 4.74. The molecular formula is C25H29ClN4O3. The van der Waals surface area contributed by atoms with Gasteiger partial charge >= 0.3 is 0 Å². The van der Waals surface area contributed by atoms with Gasteiger partial charge in [-0.2, -0.15) is 4.98 Å². The topological polar surface area (TPSA) is 91.9 Å². The lowest BCUT2D eigenvalue weighted by Gasteiger charge is -2.24. The first-order chi connectivity index (χ1) is 15.7. The predicted octanol–water partition coefficient (Wildman–Crippen LogP) is 4.03. The Balaban J connectivity index is 1.47. The average Bonchev–Trinajstić information content (AvgIpc) is 3.44. The Morgan fingerprint density at radius 1 is 1.18 bits per heavy atom. The van der Waals surface area contributed by atoms with Gasteiger partial charge in [0.25, 0.3) is 0 Å². The van der Waals surface area contributed by atoms with Crippen LogP contribution in [0.25, 0.3) is 11.1 Å². The number of ether oxygens (including phenoxy) is 1. The molecule has 33 heavy (non-hydrogen) atoms. The molecule has 8 heteroatoms. The second-order valence-corrected chi connectivity index (χ2v) is 10.2. The number of hydrogen-bond acceptors (Lipinski definition) is 6. The maximum Gasteiger partial charge on any atom is 0.243 e. The van der Waals surface area contributed by atoms with Gasteiger partial charge < -0.3 is 20.3 Å². The molecule has 0 amide bonds. The lowest BCUT2D eigenvalue weighted by molar-refractivity contribution is -0.0490. The number of benzene rings is 1. The minimum atomic E-state index is -1.04. The van der Waals surface area contributed by atoms with Gasteiger partial charge in [0.05, 0.1) is 30.0 Å². The van der Waals surface area contributed by atoms with E-state index in [-0.39, 0.29) is 22.8 Å². The van der Waals surface area contributed by atoms with E-state index in [9.17, 15) is 10.2 Å². The van der Waals surface area contributed by atoms with Crippen LogP contribution in [0.4, 0.5) is 5.82 Å². The molecule has 1 aromatic carbocycles. The fourth-order valence-corrected chi connectivity index (χ4v) is 4.90. The van der Waals surface area contributed by atoms with E-state index < -0.39 is 12.2 Å². The summed E-state index contributed by atoms with van der Waals surface area (Å²) in [6.07, 6.45) is 1.89. The van der Waals surface area contributed by atoms with Crippen molar-refractivity contribution in [2.24, 2.45) is 5.92 Å². The summed E-state index contributed by atoms with van der Waals surface area (Å²) in [6, 6.07) is 12.4. The predicted molar refractivity (Wildman–Crippen MR) is 128 cm³/mol. The Kier molecular flexibility index (Phi) is 5.69. The van der Waals surface area contributed by atoms with Crippen molar-refractivity contribution in [2.45, 2.75) is 57.5 Å². The first kappa shape index (κ1) is 22.3. The summed E-state index contributed by atoms with van der Waals surface area (Å²) in [7, 11) is 0. The van der Waals surface area contributed by atoms with Crippen molar-refractivity contribution in [3.63, 3.8) is 0 Å². The Morgan fingerprint density at radius 3 is 2.76 bits per heavy atom. The smallest absolute Gasteiger partial charge is 0.243 e. The Morgan fingerprint density at radius 2 is 1.97 bits per heavy atom. The first-order valence-corrected chi connectivity index (χ1v) is 11.7. The van der Waals surface area contributed by atoms with E-state index in [0.717, 1.165) is 18.4 Å². The largest absolute Gasteiger partial charge is 0.389 e. The van der Waals surface area contributed by atoms with Crippen LogP contribution in [-0.4, -0.2) is 49.2 Å². The van der Waals surface area contributed by atoms with Crippen LogP contribution in [0.2, 0.25) is 5.28 Å². The van der Waals surface area contributed by atoms with E-state index >= 15 is 0 Å². The van der Waals surface area contributed by atoms with Gasteiger partial charge in [-0.25, -0.2) is 4.52 Å². The van der Waals surface area contributed by atoms with Gasteiger partial charge in [-0.05, 0) is 68.5 Å². The normalized spacial score (nSPS) is 24.8. The summed E-state index contributed by atoms with van der Waals surface area (Å²) in [6.45, 7) is 6.21. The molecule has 5 rings (SSSR count). The average molecular weight is 469 g/mol. The first-order valence-electron chi connectivity index (χ1n) is 11.3. The highest BCUT2D eigenvalue weighted by Gasteiger charge is 2.37. The number of nitrogens with zero attached hydrogens (tertiary/aromatic N) is 3. The van der Waals surface area contributed by atoms with E-state index in [1.807, 2.05) is 39.0 Å². The van der Waals surface area contributed by atoms with E-state index in [1.165, 1.54) is 11.1 Å². The summed E-state index contributed by atoms with van der Waals surface area (Å²) in [5, 5.41) is 29.5. The quantitative estimate of drug-likeness (QED) is 0.523. The maximum atomic E-state index is 10.8. The Labute approximate surface area is 198 Å². The molecule has 0 spiro atoms. The molecule has 7 nitrogen and oxygen atoms in total. The van der Waals surface area contributed by atoms with Crippen LogP contribution in [-0.2, 0) is 11.2 Å². The number of nitrogens with one attached hydrogen (secondary N) is 1. The molecule has 0 saturated heterocycles. The third-order valence-corrected chi connectivity index (χ3v) is 6.57. The van der Waals surface area contributed by atoms with Crippen molar-refractivity contribution in [2.75, 3.05) is 11.9 Å². The molecule has 0 saturated carbocycles. The number of aliphatic hydroxyl groups is 2. The van der Waals surface area contributed by atoms with Crippen molar-refractivity contribution in [3.8, 4) is 0 Å². The molecule has 2 aliphatic rings. The summed E-state index contributed by atoms with van der Waals surface area (Å²) < 4.78 is 7.54. The fraction of sp³-hybridized carbons (Fsp3) is 0.440. The molecular weight excluding hydrogens is 440 g/mol. The van der Waals surface area contributed by atoms with Crippen LogP contribution < -0.4 is 5.32 Å². The van der Waals surface area contributed by atoms with Gasteiger partial charge in [0.2, 0.25) is 5.28 Å². The molecule has 2 aromatic heterocycles. The van der Waals surface area contributed by atoms with Crippen molar-refractivity contribution in [1.82, 2.24) is 14.6 Å². The minimum absolute atomic E-state index is 0.106. The third kappa shape index (κ3) is 4.26. The zero-order valence-corrected chi connectivity index (χ0v) is 19.8. The highest BCUT2D eigenvalue weighted by molar-refractivity contribution is 6.28. The standard InChI is InChI=1S/C25H29ClN4O3/c1-25(2,3)33-13-15-12-17(22(32)21(15)31)19-10-11-20-23(28-24(26)29-30(19)20)27-18-9-8-14-6-4-5-7-16(14)18/h4-7,10-12,15,18,21-22,31-32H,8-9,13H2,1-3H3,(H,27,28,29)/t15-,18-,21-,22+/m1/s1. The molecule has 0 unspecified atom stereocenters. The van der Waals surface area contributed by atoms with Crippen molar-refractivity contribution in [1.29, 1.82) is 0 Å². The molecule has 3 aromatic rings. The van der Waals surface area contributed by atoms with Gasteiger partial charge in [0.1, 0.15) is 11.6 Å². The van der Waals surface area contributed by atoms with Crippen LogP contribution in [0, 0.1) is 5.92 Å². The summed E-state index contributed by atoms with van der Waals surface area (Å²) in [5.74, 6) is 0.328. The van der Waals surface area contributed by atoms with Gasteiger partial charge in [-0.1, -0.05) is 30.3 Å². The number of fused-ring (bicyclic) bond motifs is 2. The molecule has 0 aliphatic heterocycles. The Hall–Kier alpha value is -2.45. The highest BCUT2D eigenvalue weighted by atomic mass is 35.5. The second kappa shape index (κ2) is 8.40. The monoisotopic (exact) mass is 468 g/mol. The van der Waals surface area contributed by atoms with Crippen molar-refractivity contribution < 1.29 is 14.9 Å². The van der Waals surface area contributed by atoms with Crippen LogP contribution >= 0.6 is 11.6 Å². The zero-order chi connectivity index (χ0) is 23.3. The minimum Gasteiger partial charge on any atom is -0.389 e. The van der Waals surface area contributed by atoms with Crippen molar-refractivity contribution >= 4 is 28.5 Å². The molecule has 0 radical (unpaired) electrons. The van der Waals surface area contributed by atoms with E-state index in [4.69, 9.17) is 16.3 Å². The summed E-state index contributed by atoms with van der Waals surface area (Å²) >= 11 is 6.30. The number of aryl methyl sites for hydroxylation is 1. The third-order valence-electron chi connectivity index (χ3n) is 6.41. The highest BCUT2D eigenvalue weighted by Crippen LogP contribution is 2.37. The van der Waals surface area contributed by atoms with E-state index in [1.54, 1.807) is 4.52 Å². The van der Waals surface area contributed by atoms with Gasteiger partial charge in [0, 0.05) is 11.5 Å². The van der Waals surface area contributed by atoms with E-state index in [0.29, 0.717) is 23.7 Å². The van der Waals surface area contributed by atoms with E-state index in [2.05, 4.69) is 39.7 Å². The maximum absolute atomic E-state index is 10.8. The zero-order valence-electron chi connectivity index (χ0n) is 19.0. The van der Waals surface area contributed by atoms with Gasteiger partial charge in [-0.3, -0.25) is 0 Å². The summed E-state index contributed by atoms with van der Waals surface area (Å²) in [4.78, 5) is 4.45. The van der Waals surface area contributed by atoms with Crippen LogP contribution in [0.3, 0.4) is 0 Å². The SMILES string of the molecule is CC(C)(C)OC[C@H]1C=C(c2ccc3c(N[C@@H]4CCc5ccccc54)nc(Cl)nn23)[C@H](O)[C@@H]1O. The van der Waals surface area contributed by atoms with Gasteiger partial charge in [0.15, 0.2) is 5.82 Å². The molecule has 0 fully saturated rings. The number of anilines is 1. The second-order valence-electron chi connectivity index (χ2n) is 9.82. The number of aliphatic hydroxyl groups excluding tert-OH is 2. The molecule has 2 heterocycles. The number of halogens is 1. The molecule has 4 atom stereocenters. The number of aromatic nitrogens is 3. The molecule has 174 valence electrons. The van der Waals surface area contributed by atoms with Crippen LogP contribution in [0.5, 0.6) is 0 Å². The van der Waals surface area contributed by atoms with Gasteiger partial charge in [-0.15, -0.1) is 5.10 Å². The Bertz CT molecular complexity index is 1220. The van der Waals surface area contributed by atoms with Crippen LogP contribution in [0.15, 0.2) is 42.5 Å². The number of rotatable bonds is 5. The molecule has 2 aliphatic carbocycles. The molecule has 0 bridgehead atoms. The van der Waals surface area contributed by atoms with Crippen LogP contribution in [0.1, 0.15) is 50.1 Å². The lowest BCUT2D eigenvalue weighted by atomic mass is 10.1. The van der Waals surface area contributed by atoms with Crippen molar-refractivity contribution in [3.05, 3.63) is 64.6 Å². The lowest BCUT2D eigenvalue weighted by Crippen LogP contribution is -2.32. The number of hydrogen-bond donors (Lipinski definition) is 3. The summed E-state index contributed by atoms with van der Waals surface area (Å²) in [5.41, 5.74) is 4.33.